The number of nitrogens with zero attached hydrogens (tertiary/aromatic N) is 2. The minimum absolute atomic E-state index is 0.0721. The molecule has 2 heterocycles. The Morgan fingerprint density at radius 3 is 2.56 bits per heavy atom. The summed E-state index contributed by atoms with van der Waals surface area (Å²) in [5.41, 5.74) is 2.54. The number of anilines is 1. The third kappa shape index (κ3) is 2.76. The van der Waals surface area contributed by atoms with Gasteiger partial charge in [-0.05, 0) is 42.0 Å². The van der Waals surface area contributed by atoms with E-state index in [9.17, 15) is 9.18 Å². The number of methoxy groups -OCH3 is 1. The number of benzene rings is 2. The van der Waals surface area contributed by atoms with Gasteiger partial charge in [-0.3, -0.25) is 9.36 Å². The fraction of sp³-hybridized carbons (Fsp3) is 0.158. The maximum atomic E-state index is 13.2. The van der Waals surface area contributed by atoms with Gasteiger partial charge in [0.05, 0.1) is 12.8 Å². The van der Waals surface area contributed by atoms with E-state index in [4.69, 9.17) is 4.74 Å². The van der Waals surface area contributed by atoms with Crippen molar-refractivity contribution in [2.75, 3.05) is 12.4 Å². The summed E-state index contributed by atoms with van der Waals surface area (Å²) in [5, 5.41) is 2.89. The maximum Gasteiger partial charge on any atom is 0.226 e. The Balaban J connectivity index is 1.76. The Hall–Kier alpha value is -3.15. The summed E-state index contributed by atoms with van der Waals surface area (Å²) < 4.78 is 20.1. The highest BCUT2D eigenvalue weighted by Gasteiger charge is 2.30. The van der Waals surface area contributed by atoms with Crippen molar-refractivity contribution in [3.8, 4) is 11.4 Å². The number of rotatable bonds is 3. The molecule has 1 aliphatic rings. The van der Waals surface area contributed by atoms with Gasteiger partial charge in [-0.15, -0.1) is 0 Å². The van der Waals surface area contributed by atoms with Crippen LogP contribution in [0.3, 0.4) is 0 Å². The third-order valence-corrected chi connectivity index (χ3v) is 4.40. The van der Waals surface area contributed by atoms with E-state index in [1.165, 1.54) is 12.1 Å². The van der Waals surface area contributed by atoms with Crippen LogP contribution in [0.15, 0.2) is 54.9 Å². The smallest absolute Gasteiger partial charge is 0.226 e. The van der Waals surface area contributed by atoms with Crippen LogP contribution in [-0.4, -0.2) is 22.6 Å². The topological polar surface area (TPSA) is 56.1 Å². The molecule has 0 spiro atoms. The van der Waals surface area contributed by atoms with E-state index in [0.717, 1.165) is 22.7 Å². The summed E-state index contributed by atoms with van der Waals surface area (Å²) in [6, 6.07) is 13.7. The zero-order chi connectivity index (χ0) is 17.4. The number of imidazole rings is 1. The van der Waals surface area contributed by atoms with Crippen LogP contribution in [-0.2, 0) is 4.79 Å². The third-order valence-electron chi connectivity index (χ3n) is 4.40. The first-order valence-corrected chi connectivity index (χ1v) is 7.92. The van der Waals surface area contributed by atoms with Gasteiger partial charge in [-0.2, -0.15) is 0 Å². The van der Waals surface area contributed by atoms with Crippen LogP contribution >= 0.6 is 0 Å². The van der Waals surface area contributed by atoms with Crippen LogP contribution in [0.4, 0.5) is 10.2 Å². The van der Waals surface area contributed by atoms with Crippen molar-refractivity contribution in [1.82, 2.24) is 9.55 Å². The second-order valence-corrected chi connectivity index (χ2v) is 5.90. The molecule has 1 amide bonds. The second-order valence-electron chi connectivity index (χ2n) is 5.90. The van der Waals surface area contributed by atoms with Gasteiger partial charge in [0.2, 0.25) is 5.91 Å². The molecular formula is C19H16FN3O2. The minimum atomic E-state index is -0.308. The van der Waals surface area contributed by atoms with Crippen molar-refractivity contribution in [1.29, 1.82) is 0 Å². The highest BCUT2D eigenvalue weighted by atomic mass is 19.1. The number of ether oxygens (including phenoxy) is 1. The highest BCUT2D eigenvalue weighted by molar-refractivity contribution is 5.94. The van der Waals surface area contributed by atoms with E-state index >= 15 is 0 Å². The fourth-order valence-electron chi connectivity index (χ4n) is 3.12. The first-order chi connectivity index (χ1) is 12.2. The van der Waals surface area contributed by atoms with Crippen molar-refractivity contribution < 1.29 is 13.9 Å². The molecule has 0 unspecified atom stereocenters. The van der Waals surface area contributed by atoms with Gasteiger partial charge in [-0.1, -0.05) is 12.1 Å². The van der Waals surface area contributed by atoms with Gasteiger partial charge in [-0.25, -0.2) is 9.37 Å². The Bertz CT molecular complexity index is 917. The first-order valence-electron chi connectivity index (χ1n) is 7.92. The SMILES string of the molecule is COc1ccc([C@@H]2CC(=O)Nc3c2ncn3-c2ccc(F)cc2)cc1. The molecule has 4 rings (SSSR count). The summed E-state index contributed by atoms with van der Waals surface area (Å²) in [6.07, 6.45) is 1.99. The van der Waals surface area contributed by atoms with Gasteiger partial charge in [0.15, 0.2) is 0 Å². The predicted octanol–water partition coefficient (Wildman–Crippen LogP) is 3.49. The molecule has 6 heteroatoms. The summed E-state index contributed by atoms with van der Waals surface area (Å²) in [5.74, 6) is 0.885. The largest absolute Gasteiger partial charge is 0.497 e. The molecule has 25 heavy (non-hydrogen) atoms. The van der Waals surface area contributed by atoms with Gasteiger partial charge in [0.1, 0.15) is 23.7 Å². The van der Waals surface area contributed by atoms with Gasteiger partial charge in [0.25, 0.3) is 0 Å². The van der Waals surface area contributed by atoms with Crippen LogP contribution in [0.2, 0.25) is 0 Å². The Morgan fingerprint density at radius 1 is 1.16 bits per heavy atom. The summed E-state index contributed by atoms with van der Waals surface area (Å²) in [7, 11) is 1.62. The summed E-state index contributed by atoms with van der Waals surface area (Å²) in [6.45, 7) is 0. The van der Waals surface area contributed by atoms with Gasteiger partial charge < -0.3 is 10.1 Å². The molecule has 2 aromatic carbocycles. The van der Waals surface area contributed by atoms with E-state index in [-0.39, 0.29) is 17.6 Å². The van der Waals surface area contributed by atoms with Crippen molar-refractivity contribution >= 4 is 11.7 Å². The van der Waals surface area contributed by atoms with Gasteiger partial charge in [0, 0.05) is 18.0 Å². The molecule has 0 fully saturated rings. The van der Waals surface area contributed by atoms with E-state index < -0.39 is 0 Å². The molecule has 1 N–H and O–H groups in total. The number of halogens is 1. The number of amides is 1. The number of hydrogen-bond acceptors (Lipinski definition) is 3. The number of carbonyl (C=O) groups is 1. The molecule has 0 radical (unpaired) electrons. The molecule has 3 aromatic rings. The average molecular weight is 337 g/mol. The lowest BCUT2D eigenvalue weighted by Gasteiger charge is -2.23. The highest BCUT2D eigenvalue weighted by Crippen LogP contribution is 2.37. The molecule has 1 aromatic heterocycles. The lowest BCUT2D eigenvalue weighted by molar-refractivity contribution is -0.116. The number of hydrogen-bond donors (Lipinski definition) is 1. The summed E-state index contributed by atoms with van der Waals surface area (Å²) >= 11 is 0. The molecule has 126 valence electrons. The Labute approximate surface area is 144 Å². The van der Waals surface area contributed by atoms with Crippen LogP contribution in [0.25, 0.3) is 5.69 Å². The Morgan fingerprint density at radius 2 is 1.88 bits per heavy atom. The molecular weight excluding hydrogens is 321 g/mol. The van der Waals surface area contributed by atoms with Crippen LogP contribution in [0.1, 0.15) is 23.6 Å². The van der Waals surface area contributed by atoms with Crippen LogP contribution in [0.5, 0.6) is 5.75 Å². The van der Waals surface area contributed by atoms with Crippen molar-refractivity contribution in [2.24, 2.45) is 0 Å². The fourth-order valence-corrected chi connectivity index (χ4v) is 3.12. The van der Waals surface area contributed by atoms with E-state index in [0.29, 0.717) is 12.2 Å². The van der Waals surface area contributed by atoms with Crippen LogP contribution < -0.4 is 10.1 Å². The van der Waals surface area contributed by atoms with E-state index in [1.54, 1.807) is 30.1 Å². The molecule has 0 aliphatic carbocycles. The molecule has 0 saturated carbocycles. The van der Waals surface area contributed by atoms with Crippen molar-refractivity contribution in [3.63, 3.8) is 0 Å². The zero-order valence-electron chi connectivity index (χ0n) is 13.6. The normalized spacial score (nSPS) is 16.2. The molecule has 1 aliphatic heterocycles. The first kappa shape index (κ1) is 15.4. The lowest BCUT2D eigenvalue weighted by Crippen LogP contribution is -2.24. The monoisotopic (exact) mass is 337 g/mol. The number of aromatic nitrogens is 2. The van der Waals surface area contributed by atoms with Crippen molar-refractivity contribution in [3.05, 3.63) is 71.9 Å². The van der Waals surface area contributed by atoms with Crippen molar-refractivity contribution in [2.45, 2.75) is 12.3 Å². The number of fused-ring (bicyclic) bond motifs is 1. The average Bonchev–Trinajstić information content (AvgIpc) is 3.05. The van der Waals surface area contributed by atoms with Gasteiger partial charge >= 0.3 is 0 Å². The summed E-state index contributed by atoms with van der Waals surface area (Å²) in [4.78, 5) is 16.7. The molecule has 1 atom stereocenters. The molecule has 0 saturated heterocycles. The predicted molar refractivity (Wildman–Crippen MR) is 91.6 cm³/mol. The van der Waals surface area contributed by atoms with E-state index in [1.807, 2.05) is 24.3 Å². The molecule has 5 nitrogen and oxygen atoms in total. The zero-order valence-corrected chi connectivity index (χ0v) is 13.6. The van der Waals surface area contributed by atoms with Crippen LogP contribution in [0, 0.1) is 5.82 Å². The Kier molecular flexibility index (Phi) is 3.72. The quantitative estimate of drug-likeness (QED) is 0.796. The lowest BCUT2D eigenvalue weighted by atomic mass is 9.90. The van der Waals surface area contributed by atoms with E-state index in [2.05, 4.69) is 10.3 Å². The maximum absolute atomic E-state index is 13.2. The molecule has 0 bridgehead atoms. The number of nitrogens with one attached hydrogen (secondary N) is 1. The standard InChI is InChI=1S/C19H16FN3O2/c1-25-15-8-2-12(3-9-15)16-10-17(24)22-19-18(16)21-11-23(19)14-6-4-13(20)5-7-14/h2-9,11,16H,10H2,1H3,(H,22,24)/t16-/m0/s1. The number of carbonyl (C=O) groups excluding carboxylic acids is 1. The second kappa shape index (κ2) is 6.05. The minimum Gasteiger partial charge on any atom is -0.497 e.